The molecular formula is C17H24N2O2. The van der Waals surface area contributed by atoms with Crippen LogP contribution in [0.15, 0.2) is 24.3 Å². The van der Waals surface area contributed by atoms with Gasteiger partial charge < -0.3 is 14.5 Å². The molecule has 114 valence electrons. The van der Waals surface area contributed by atoms with E-state index in [1.54, 1.807) is 7.11 Å². The van der Waals surface area contributed by atoms with Crippen LogP contribution in [0.4, 0.5) is 0 Å². The van der Waals surface area contributed by atoms with E-state index in [4.69, 9.17) is 4.74 Å². The molecule has 2 aliphatic rings. The van der Waals surface area contributed by atoms with Crippen molar-refractivity contribution in [3.05, 3.63) is 29.8 Å². The van der Waals surface area contributed by atoms with Crippen LogP contribution in [0.2, 0.25) is 0 Å². The molecule has 1 aromatic rings. The second-order valence-corrected chi connectivity index (χ2v) is 6.23. The first-order valence-corrected chi connectivity index (χ1v) is 7.79. The van der Waals surface area contributed by atoms with Crippen LogP contribution in [0.25, 0.3) is 0 Å². The van der Waals surface area contributed by atoms with Gasteiger partial charge in [0.2, 0.25) is 5.91 Å². The fourth-order valence-electron chi connectivity index (χ4n) is 3.48. The van der Waals surface area contributed by atoms with E-state index in [1.807, 2.05) is 23.1 Å². The van der Waals surface area contributed by atoms with Gasteiger partial charge in [-0.1, -0.05) is 24.6 Å². The lowest BCUT2D eigenvalue weighted by Crippen LogP contribution is -2.56. The van der Waals surface area contributed by atoms with E-state index in [1.165, 1.54) is 0 Å². The van der Waals surface area contributed by atoms with Crippen molar-refractivity contribution < 1.29 is 9.53 Å². The molecule has 0 aromatic heterocycles. The third-order valence-electron chi connectivity index (χ3n) is 5.03. The molecule has 0 radical (unpaired) electrons. The Hall–Kier alpha value is -1.55. The molecule has 1 amide bonds. The number of likely N-dealkylation sites (N-methyl/N-ethyl adjacent to an activating group) is 1. The van der Waals surface area contributed by atoms with Gasteiger partial charge in [0.05, 0.1) is 12.5 Å². The van der Waals surface area contributed by atoms with Gasteiger partial charge >= 0.3 is 0 Å². The summed E-state index contributed by atoms with van der Waals surface area (Å²) in [5.74, 6) is 1.14. The van der Waals surface area contributed by atoms with Crippen molar-refractivity contribution in [2.75, 3.05) is 40.3 Å². The lowest BCUT2D eigenvalue weighted by Gasteiger charge is -2.46. The number of carbonyl (C=O) groups is 1. The first kappa shape index (κ1) is 14.4. The number of hydrogen-bond donors (Lipinski definition) is 0. The van der Waals surface area contributed by atoms with Crippen molar-refractivity contribution in [1.82, 2.24) is 9.80 Å². The Bertz CT molecular complexity index is 517. The van der Waals surface area contributed by atoms with Crippen LogP contribution in [0.1, 0.15) is 24.8 Å². The number of ether oxygens (including phenoxy) is 1. The van der Waals surface area contributed by atoms with Crippen LogP contribution < -0.4 is 4.74 Å². The largest absolute Gasteiger partial charge is 0.496 e. The fourth-order valence-corrected chi connectivity index (χ4v) is 3.48. The predicted octanol–water partition coefficient (Wildman–Crippen LogP) is 1.89. The Balaban J connectivity index is 1.88. The second kappa shape index (κ2) is 5.68. The van der Waals surface area contributed by atoms with Crippen molar-refractivity contribution >= 4 is 5.91 Å². The Labute approximate surface area is 126 Å². The molecule has 0 atom stereocenters. The molecule has 1 aromatic carbocycles. The minimum atomic E-state index is -0.345. The number of piperazine rings is 1. The first-order chi connectivity index (χ1) is 10.2. The monoisotopic (exact) mass is 288 g/mol. The van der Waals surface area contributed by atoms with Crippen molar-refractivity contribution in [2.45, 2.75) is 24.7 Å². The van der Waals surface area contributed by atoms with Gasteiger partial charge in [-0.05, 0) is 26.0 Å². The Morgan fingerprint density at radius 1 is 1.14 bits per heavy atom. The zero-order chi connectivity index (χ0) is 14.9. The van der Waals surface area contributed by atoms with Crippen molar-refractivity contribution in [1.29, 1.82) is 0 Å². The highest BCUT2D eigenvalue weighted by Crippen LogP contribution is 2.48. The molecule has 1 saturated carbocycles. The Kier molecular flexibility index (Phi) is 3.89. The number of benzene rings is 1. The molecule has 21 heavy (non-hydrogen) atoms. The van der Waals surface area contributed by atoms with Crippen LogP contribution in [0.3, 0.4) is 0 Å². The molecule has 4 nitrogen and oxygen atoms in total. The second-order valence-electron chi connectivity index (χ2n) is 6.23. The number of rotatable bonds is 3. The molecule has 4 heteroatoms. The average molecular weight is 288 g/mol. The van der Waals surface area contributed by atoms with Crippen LogP contribution >= 0.6 is 0 Å². The van der Waals surface area contributed by atoms with Gasteiger partial charge in [-0.25, -0.2) is 0 Å². The van der Waals surface area contributed by atoms with Crippen LogP contribution in [-0.2, 0) is 10.2 Å². The Morgan fingerprint density at radius 3 is 2.38 bits per heavy atom. The maximum absolute atomic E-state index is 13.1. The zero-order valence-electron chi connectivity index (χ0n) is 13.0. The lowest BCUT2D eigenvalue weighted by atomic mass is 9.63. The highest BCUT2D eigenvalue weighted by atomic mass is 16.5. The molecule has 0 spiro atoms. The molecule has 1 saturated heterocycles. The van der Waals surface area contributed by atoms with Gasteiger partial charge in [-0.3, -0.25) is 4.79 Å². The van der Waals surface area contributed by atoms with E-state index in [2.05, 4.69) is 18.0 Å². The van der Waals surface area contributed by atoms with Crippen LogP contribution in [0, 0.1) is 0 Å². The minimum absolute atomic E-state index is 0.298. The standard InChI is InChI=1S/C17H24N2O2/c1-18-10-12-19(13-11-18)16(20)17(8-5-9-17)14-6-3-4-7-15(14)21-2/h3-4,6-7H,5,8-13H2,1-2H3. The number of hydrogen-bond acceptors (Lipinski definition) is 3. The smallest absolute Gasteiger partial charge is 0.233 e. The van der Waals surface area contributed by atoms with Crippen LogP contribution in [-0.4, -0.2) is 56.0 Å². The van der Waals surface area contributed by atoms with Gasteiger partial charge in [0.25, 0.3) is 0 Å². The van der Waals surface area contributed by atoms with Gasteiger partial charge in [-0.15, -0.1) is 0 Å². The summed E-state index contributed by atoms with van der Waals surface area (Å²) in [5, 5.41) is 0. The summed E-state index contributed by atoms with van der Waals surface area (Å²) in [5.41, 5.74) is 0.727. The topological polar surface area (TPSA) is 32.8 Å². The van der Waals surface area contributed by atoms with Crippen molar-refractivity contribution in [2.24, 2.45) is 0 Å². The summed E-state index contributed by atoms with van der Waals surface area (Å²) in [4.78, 5) is 17.5. The molecule has 1 aliphatic carbocycles. The zero-order valence-corrected chi connectivity index (χ0v) is 13.0. The van der Waals surface area contributed by atoms with Gasteiger partial charge in [0.15, 0.2) is 0 Å². The summed E-state index contributed by atoms with van der Waals surface area (Å²) >= 11 is 0. The number of para-hydroxylation sites is 1. The maximum Gasteiger partial charge on any atom is 0.233 e. The predicted molar refractivity (Wildman–Crippen MR) is 82.6 cm³/mol. The lowest BCUT2D eigenvalue weighted by molar-refractivity contribution is -0.142. The van der Waals surface area contributed by atoms with Crippen LogP contribution in [0.5, 0.6) is 5.75 Å². The maximum atomic E-state index is 13.1. The number of methoxy groups -OCH3 is 1. The quantitative estimate of drug-likeness (QED) is 0.851. The van der Waals surface area contributed by atoms with Gasteiger partial charge in [0, 0.05) is 31.7 Å². The normalized spacial score (nSPS) is 21.7. The third-order valence-corrected chi connectivity index (χ3v) is 5.03. The average Bonchev–Trinajstić information content (AvgIpc) is 2.47. The van der Waals surface area contributed by atoms with E-state index in [9.17, 15) is 4.79 Å². The van der Waals surface area contributed by atoms with E-state index in [-0.39, 0.29) is 5.41 Å². The molecule has 0 unspecified atom stereocenters. The van der Waals surface area contributed by atoms with E-state index >= 15 is 0 Å². The van der Waals surface area contributed by atoms with Gasteiger partial charge in [-0.2, -0.15) is 0 Å². The molecule has 1 aliphatic heterocycles. The Morgan fingerprint density at radius 2 is 1.81 bits per heavy atom. The summed E-state index contributed by atoms with van der Waals surface area (Å²) in [7, 11) is 3.80. The summed E-state index contributed by atoms with van der Waals surface area (Å²) in [6.07, 6.45) is 3.01. The molecule has 2 fully saturated rings. The SMILES string of the molecule is COc1ccccc1C1(C(=O)N2CCN(C)CC2)CCC1. The third kappa shape index (κ3) is 2.42. The van der Waals surface area contributed by atoms with Crippen molar-refractivity contribution in [3.8, 4) is 5.75 Å². The van der Waals surface area contributed by atoms with Gasteiger partial charge in [0.1, 0.15) is 5.75 Å². The summed E-state index contributed by atoms with van der Waals surface area (Å²) in [6.45, 7) is 3.61. The van der Waals surface area contributed by atoms with Crippen molar-refractivity contribution in [3.63, 3.8) is 0 Å². The molecular weight excluding hydrogens is 264 g/mol. The molecule has 0 N–H and O–H groups in total. The van der Waals surface area contributed by atoms with E-state index < -0.39 is 0 Å². The molecule has 1 heterocycles. The molecule has 0 bridgehead atoms. The molecule has 3 rings (SSSR count). The highest BCUT2D eigenvalue weighted by Gasteiger charge is 2.49. The number of amides is 1. The summed E-state index contributed by atoms with van der Waals surface area (Å²) < 4.78 is 5.50. The minimum Gasteiger partial charge on any atom is -0.496 e. The number of carbonyl (C=O) groups excluding carboxylic acids is 1. The van der Waals surface area contributed by atoms with E-state index in [0.717, 1.165) is 56.8 Å². The highest BCUT2D eigenvalue weighted by molar-refractivity contribution is 5.90. The van der Waals surface area contributed by atoms with E-state index in [0.29, 0.717) is 5.91 Å². The first-order valence-electron chi connectivity index (χ1n) is 7.79. The summed E-state index contributed by atoms with van der Waals surface area (Å²) in [6, 6.07) is 8.00. The number of nitrogens with zero attached hydrogens (tertiary/aromatic N) is 2. The fraction of sp³-hybridized carbons (Fsp3) is 0.588.